The minimum absolute atomic E-state index is 0.117. The first-order chi connectivity index (χ1) is 7.01. The highest BCUT2D eigenvalue weighted by Gasteiger charge is 2.37. The predicted molar refractivity (Wildman–Crippen MR) is 57.5 cm³/mol. The molecule has 0 radical (unpaired) electrons. The van der Waals surface area contributed by atoms with Gasteiger partial charge in [-0.1, -0.05) is 18.2 Å². The van der Waals surface area contributed by atoms with Crippen molar-refractivity contribution in [2.75, 3.05) is 27.9 Å². The molecule has 0 spiro atoms. The van der Waals surface area contributed by atoms with Gasteiger partial charge >= 0.3 is 14.8 Å². The van der Waals surface area contributed by atoms with Gasteiger partial charge in [-0.25, -0.2) is 4.79 Å². The van der Waals surface area contributed by atoms with Crippen molar-refractivity contribution in [3.63, 3.8) is 0 Å². The minimum atomic E-state index is -2.67. The molecule has 0 aliphatic rings. The number of hydrogen-bond donors (Lipinski definition) is 0. The first-order valence-corrected chi connectivity index (χ1v) is 6.49. The van der Waals surface area contributed by atoms with Gasteiger partial charge in [-0.15, -0.1) is 0 Å². The van der Waals surface area contributed by atoms with E-state index in [1.165, 1.54) is 21.3 Å². The largest absolute Gasteiger partial charge is 0.503 e. The molecule has 0 saturated carbocycles. The Morgan fingerprint density at radius 1 is 1.27 bits per heavy atom. The Bertz CT molecular complexity index is 221. The van der Waals surface area contributed by atoms with Gasteiger partial charge in [0.05, 0.1) is 12.7 Å². The van der Waals surface area contributed by atoms with Gasteiger partial charge < -0.3 is 18.0 Å². The normalized spacial score (nSPS) is 11.2. The van der Waals surface area contributed by atoms with E-state index in [9.17, 15) is 4.79 Å². The topological polar surface area (TPSA) is 54.0 Å². The van der Waals surface area contributed by atoms with Crippen molar-refractivity contribution in [2.24, 2.45) is 0 Å². The summed E-state index contributed by atoms with van der Waals surface area (Å²) in [6.45, 7) is 3.36. The molecule has 0 amide bonds. The summed E-state index contributed by atoms with van der Waals surface area (Å²) in [5.74, 6) is -0.650. The van der Waals surface area contributed by atoms with Crippen molar-refractivity contribution in [1.82, 2.24) is 0 Å². The molecule has 0 aromatic rings. The number of ether oxygens (including phenoxy) is 1. The molecule has 7 heteroatoms. The number of carbonyl (C=O) groups is 1. The van der Waals surface area contributed by atoms with Crippen LogP contribution in [0.1, 0.15) is 0 Å². The Labute approximate surface area is 95.3 Å². The Morgan fingerprint density at radius 2 is 1.73 bits per heavy atom. The molecule has 0 aromatic heterocycles. The monoisotopic (exact) mass is 254 g/mol. The van der Waals surface area contributed by atoms with Crippen molar-refractivity contribution < 1.29 is 22.8 Å². The molecule has 0 rings (SSSR count). The molecular weight excluding hydrogens is 240 g/mol. The van der Waals surface area contributed by atoms with E-state index in [4.69, 9.17) is 29.6 Å². The van der Waals surface area contributed by atoms with Crippen molar-refractivity contribution in [1.29, 1.82) is 0 Å². The zero-order valence-corrected chi connectivity index (χ0v) is 10.8. The highest BCUT2D eigenvalue weighted by atomic mass is 35.5. The van der Waals surface area contributed by atoms with Crippen LogP contribution in [0.25, 0.3) is 0 Å². The van der Waals surface area contributed by atoms with Gasteiger partial charge in [-0.05, 0) is 0 Å². The lowest BCUT2D eigenvalue weighted by molar-refractivity contribution is -0.137. The van der Waals surface area contributed by atoms with E-state index in [0.717, 1.165) is 0 Å². The maximum atomic E-state index is 10.9. The third kappa shape index (κ3) is 4.76. The first-order valence-electron chi connectivity index (χ1n) is 4.18. The highest BCUT2D eigenvalue weighted by Crippen LogP contribution is 2.13. The molecule has 0 N–H and O–H groups in total. The van der Waals surface area contributed by atoms with E-state index in [2.05, 4.69) is 6.58 Å². The summed E-state index contributed by atoms with van der Waals surface area (Å²) in [5, 5.41) is -0.158. The van der Waals surface area contributed by atoms with Gasteiger partial charge in [0.15, 0.2) is 0 Å². The molecule has 0 heterocycles. The van der Waals surface area contributed by atoms with Gasteiger partial charge in [0.2, 0.25) is 0 Å². The summed E-state index contributed by atoms with van der Waals surface area (Å²) in [7, 11) is 1.79. The lowest BCUT2D eigenvalue weighted by Crippen LogP contribution is -2.43. The zero-order valence-electron chi connectivity index (χ0n) is 9.04. The number of carbonyl (C=O) groups excluding carboxylic acids is 1. The van der Waals surface area contributed by atoms with Crippen molar-refractivity contribution >= 4 is 26.4 Å². The number of hydrogen-bond acceptors (Lipinski definition) is 5. The highest BCUT2D eigenvalue weighted by molar-refractivity contribution is 6.60. The van der Waals surface area contributed by atoms with Crippen LogP contribution < -0.4 is 0 Å². The molecule has 15 heavy (non-hydrogen) atoms. The van der Waals surface area contributed by atoms with E-state index in [1.54, 1.807) is 0 Å². The van der Waals surface area contributed by atoms with Crippen LogP contribution in [0.2, 0.25) is 6.04 Å². The summed E-state index contributed by atoms with van der Waals surface area (Å²) < 4.78 is 20.2. The quantitative estimate of drug-likeness (QED) is 0.388. The van der Waals surface area contributed by atoms with Crippen LogP contribution in [0.5, 0.6) is 0 Å². The number of esters is 1. The predicted octanol–water partition coefficient (Wildman–Crippen LogP) is 1.16. The van der Waals surface area contributed by atoms with E-state index >= 15 is 0 Å². The number of halogens is 1. The number of rotatable bonds is 7. The van der Waals surface area contributed by atoms with Crippen LogP contribution in [0.4, 0.5) is 0 Å². The van der Waals surface area contributed by atoms with Crippen LogP contribution in [0, 0.1) is 0 Å². The summed E-state index contributed by atoms with van der Waals surface area (Å²) in [4.78, 5) is 10.9. The maximum absolute atomic E-state index is 10.9. The molecule has 0 atom stereocenters. The first kappa shape index (κ1) is 14.6. The van der Waals surface area contributed by atoms with Crippen LogP contribution in [-0.2, 0) is 22.8 Å². The average Bonchev–Trinajstić information content (AvgIpc) is 2.24. The summed E-state index contributed by atoms with van der Waals surface area (Å²) in [5.41, 5.74) is 0. The second kappa shape index (κ2) is 6.97. The molecule has 0 aliphatic heterocycles. The molecule has 88 valence electrons. The molecule has 0 aromatic carbocycles. The fraction of sp³-hybridized carbons (Fsp3) is 0.625. The van der Waals surface area contributed by atoms with Crippen LogP contribution in [0.3, 0.4) is 0 Å². The van der Waals surface area contributed by atoms with Gasteiger partial charge in [-0.2, -0.15) is 0 Å². The maximum Gasteiger partial charge on any atom is 0.503 e. The smallest absolute Gasteiger partial charge is 0.461 e. The lowest BCUT2D eigenvalue weighted by Gasteiger charge is -2.23. The molecule has 0 bridgehead atoms. The molecular formula is C8H15ClO5Si. The van der Waals surface area contributed by atoms with Gasteiger partial charge in [0.1, 0.15) is 5.03 Å². The van der Waals surface area contributed by atoms with Gasteiger partial charge in [0.25, 0.3) is 0 Å². The summed E-state index contributed by atoms with van der Waals surface area (Å²) >= 11 is 5.33. The molecule has 0 saturated heterocycles. The fourth-order valence-electron chi connectivity index (χ4n) is 0.903. The third-order valence-electron chi connectivity index (χ3n) is 1.80. The van der Waals surface area contributed by atoms with Crippen LogP contribution in [-0.4, -0.2) is 42.7 Å². The Balaban J connectivity index is 4.02. The van der Waals surface area contributed by atoms with E-state index in [1.807, 2.05) is 0 Å². The van der Waals surface area contributed by atoms with Crippen LogP contribution >= 0.6 is 11.6 Å². The average molecular weight is 255 g/mol. The Kier molecular flexibility index (Phi) is 6.78. The van der Waals surface area contributed by atoms with Gasteiger partial charge in [0, 0.05) is 21.3 Å². The Morgan fingerprint density at radius 3 is 2.07 bits per heavy atom. The minimum Gasteiger partial charge on any atom is -0.461 e. The lowest BCUT2D eigenvalue weighted by atomic mass is 10.6. The van der Waals surface area contributed by atoms with Crippen molar-refractivity contribution in [3.05, 3.63) is 11.6 Å². The second-order valence-electron chi connectivity index (χ2n) is 2.59. The summed E-state index contributed by atoms with van der Waals surface area (Å²) in [6, 6.07) is 0.367. The fourth-order valence-corrected chi connectivity index (χ4v) is 2.42. The Hall–Kier alpha value is -0.403. The zero-order chi connectivity index (χ0) is 11.9. The van der Waals surface area contributed by atoms with E-state index in [-0.39, 0.29) is 11.6 Å². The SMILES string of the molecule is C=C(Cl)C(=O)OCC[Si](OC)(OC)OC. The van der Waals surface area contributed by atoms with E-state index < -0.39 is 14.8 Å². The van der Waals surface area contributed by atoms with Crippen LogP contribution in [0.15, 0.2) is 11.6 Å². The summed E-state index contributed by atoms with van der Waals surface area (Å²) in [6.07, 6.45) is 0. The van der Waals surface area contributed by atoms with Crippen molar-refractivity contribution in [2.45, 2.75) is 6.04 Å². The molecule has 0 aliphatic carbocycles. The molecule has 5 nitrogen and oxygen atoms in total. The van der Waals surface area contributed by atoms with E-state index in [0.29, 0.717) is 6.04 Å². The molecule has 0 unspecified atom stereocenters. The standard InChI is InChI=1S/C8H15ClO5Si/c1-7(9)8(10)14-5-6-15(11-2,12-3)13-4/h1,5-6H2,2-4H3. The van der Waals surface area contributed by atoms with Gasteiger partial charge in [-0.3, -0.25) is 0 Å². The second-order valence-corrected chi connectivity index (χ2v) is 6.13. The third-order valence-corrected chi connectivity index (χ3v) is 4.63. The van der Waals surface area contributed by atoms with Crippen molar-refractivity contribution in [3.8, 4) is 0 Å². The molecule has 0 fully saturated rings.